The molecule has 6 heteroatoms. The van der Waals surface area contributed by atoms with E-state index in [9.17, 15) is 9.90 Å². The summed E-state index contributed by atoms with van der Waals surface area (Å²) >= 11 is 0. The smallest absolute Gasteiger partial charge is 0.321 e. The van der Waals surface area contributed by atoms with E-state index in [1.165, 1.54) is 0 Å². The van der Waals surface area contributed by atoms with Crippen LogP contribution in [0, 0.1) is 0 Å². The highest BCUT2D eigenvalue weighted by Crippen LogP contribution is 2.27. The molecule has 0 bridgehead atoms. The molecule has 3 rings (SSSR count). The molecule has 0 unspecified atom stereocenters. The zero-order valence-electron chi connectivity index (χ0n) is 13.7. The van der Waals surface area contributed by atoms with Crippen molar-refractivity contribution in [3.8, 4) is 0 Å². The summed E-state index contributed by atoms with van der Waals surface area (Å²) in [6, 6.07) is 7.85. The zero-order chi connectivity index (χ0) is 16.2. The van der Waals surface area contributed by atoms with Gasteiger partial charge in [0.05, 0.1) is 17.5 Å². The number of piperazine rings is 1. The average Bonchev–Trinajstić information content (AvgIpc) is 3.02. The number of para-hydroxylation sites is 2. The molecule has 2 saturated heterocycles. The number of carbonyl (C=O) groups excluding carboxylic acids is 1. The van der Waals surface area contributed by atoms with Crippen LogP contribution in [0.3, 0.4) is 0 Å². The Morgan fingerprint density at radius 2 is 1.96 bits per heavy atom. The number of aliphatic hydroxyl groups excluding tert-OH is 1. The molecule has 2 aliphatic heterocycles. The van der Waals surface area contributed by atoms with E-state index in [1.54, 1.807) is 4.90 Å². The van der Waals surface area contributed by atoms with Gasteiger partial charge in [-0.25, -0.2) is 4.79 Å². The lowest BCUT2D eigenvalue weighted by atomic mass is 10.2. The quantitative estimate of drug-likeness (QED) is 0.885. The van der Waals surface area contributed by atoms with E-state index in [-0.39, 0.29) is 6.03 Å². The van der Waals surface area contributed by atoms with Crippen LogP contribution in [0.15, 0.2) is 24.3 Å². The van der Waals surface area contributed by atoms with Gasteiger partial charge in [-0.2, -0.15) is 0 Å². The van der Waals surface area contributed by atoms with Crippen LogP contribution in [0.4, 0.5) is 16.2 Å². The summed E-state index contributed by atoms with van der Waals surface area (Å²) in [5, 5.41) is 12.6. The second kappa shape index (κ2) is 7.19. The number of β-amino-alcohol motifs (C(OH)–C–C–N with tert-alkyl or cyclic N) is 1. The molecule has 0 saturated carbocycles. The van der Waals surface area contributed by atoms with Crippen LogP contribution in [-0.4, -0.2) is 72.9 Å². The zero-order valence-corrected chi connectivity index (χ0v) is 13.7. The first-order valence-corrected chi connectivity index (χ1v) is 8.47. The summed E-state index contributed by atoms with van der Waals surface area (Å²) in [6.07, 6.45) is 0.270. The maximum Gasteiger partial charge on any atom is 0.321 e. The SMILES string of the molecule is CCN1CCN(c2ccccc2NC(=O)N2CC[C@H](O)C2)CC1. The Morgan fingerprint density at radius 3 is 2.61 bits per heavy atom. The van der Waals surface area contributed by atoms with Crippen LogP contribution in [-0.2, 0) is 0 Å². The maximum absolute atomic E-state index is 12.4. The number of benzene rings is 1. The van der Waals surface area contributed by atoms with Crippen molar-refractivity contribution in [1.82, 2.24) is 9.80 Å². The normalized spacial score (nSPS) is 22.4. The third-order valence-electron chi connectivity index (χ3n) is 4.76. The highest BCUT2D eigenvalue weighted by molar-refractivity contribution is 5.93. The lowest BCUT2D eigenvalue weighted by molar-refractivity contribution is 0.176. The number of urea groups is 1. The Kier molecular flexibility index (Phi) is 5.03. The van der Waals surface area contributed by atoms with Gasteiger partial charge in [-0.05, 0) is 25.1 Å². The number of nitrogens with one attached hydrogen (secondary N) is 1. The molecule has 1 atom stereocenters. The van der Waals surface area contributed by atoms with Gasteiger partial charge in [0.1, 0.15) is 0 Å². The fraction of sp³-hybridized carbons (Fsp3) is 0.588. The van der Waals surface area contributed by atoms with Crippen LogP contribution in [0.1, 0.15) is 13.3 Å². The lowest BCUT2D eigenvalue weighted by Gasteiger charge is -2.36. The highest BCUT2D eigenvalue weighted by Gasteiger charge is 2.25. The van der Waals surface area contributed by atoms with Crippen molar-refractivity contribution in [3.05, 3.63) is 24.3 Å². The number of likely N-dealkylation sites (N-methyl/N-ethyl adjacent to an activating group) is 1. The van der Waals surface area contributed by atoms with Crippen LogP contribution < -0.4 is 10.2 Å². The largest absolute Gasteiger partial charge is 0.391 e. The van der Waals surface area contributed by atoms with Crippen LogP contribution >= 0.6 is 0 Å². The number of aliphatic hydroxyl groups is 1. The molecule has 126 valence electrons. The summed E-state index contributed by atoms with van der Waals surface area (Å²) in [5.74, 6) is 0. The molecule has 6 nitrogen and oxygen atoms in total. The van der Waals surface area contributed by atoms with Crippen molar-refractivity contribution >= 4 is 17.4 Å². The van der Waals surface area contributed by atoms with Gasteiger partial charge in [0, 0.05) is 39.3 Å². The predicted molar refractivity (Wildman–Crippen MR) is 92.0 cm³/mol. The number of hydrogen-bond acceptors (Lipinski definition) is 4. The van der Waals surface area contributed by atoms with Crippen LogP contribution in [0.2, 0.25) is 0 Å². The number of anilines is 2. The predicted octanol–water partition coefficient (Wildman–Crippen LogP) is 1.43. The first-order chi connectivity index (χ1) is 11.2. The van der Waals surface area contributed by atoms with Gasteiger partial charge in [-0.1, -0.05) is 19.1 Å². The minimum atomic E-state index is -0.391. The van der Waals surface area contributed by atoms with Gasteiger partial charge in [0.25, 0.3) is 0 Å². The summed E-state index contributed by atoms with van der Waals surface area (Å²) in [5.41, 5.74) is 1.93. The minimum Gasteiger partial charge on any atom is -0.391 e. The maximum atomic E-state index is 12.4. The Morgan fingerprint density at radius 1 is 1.22 bits per heavy atom. The molecule has 0 aromatic heterocycles. The Hall–Kier alpha value is -1.79. The molecule has 0 aliphatic carbocycles. The standard InChI is InChI=1S/C17H26N4O2/c1-2-19-9-11-20(12-10-19)16-6-4-3-5-15(16)18-17(23)21-8-7-14(22)13-21/h3-6,14,22H,2,7-13H2,1H3,(H,18,23)/t14-/m0/s1. The second-order valence-electron chi connectivity index (χ2n) is 6.26. The summed E-state index contributed by atoms with van der Waals surface area (Å²) in [7, 11) is 0. The molecular formula is C17H26N4O2. The number of rotatable bonds is 3. The average molecular weight is 318 g/mol. The molecule has 2 fully saturated rings. The number of nitrogens with zero attached hydrogens (tertiary/aromatic N) is 3. The van der Waals surface area contributed by atoms with Gasteiger partial charge in [-0.15, -0.1) is 0 Å². The number of hydrogen-bond donors (Lipinski definition) is 2. The molecule has 2 aliphatic rings. The van der Waals surface area contributed by atoms with Gasteiger partial charge < -0.3 is 25.1 Å². The molecule has 1 aromatic carbocycles. The van der Waals surface area contributed by atoms with E-state index in [2.05, 4.69) is 28.1 Å². The number of amides is 2. The molecule has 2 heterocycles. The summed E-state index contributed by atoms with van der Waals surface area (Å²) in [6.45, 7) is 8.37. The summed E-state index contributed by atoms with van der Waals surface area (Å²) < 4.78 is 0. The van der Waals surface area contributed by atoms with E-state index in [1.807, 2.05) is 18.2 Å². The van der Waals surface area contributed by atoms with Crippen LogP contribution in [0.25, 0.3) is 0 Å². The Labute approximate surface area is 137 Å². The molecule has 1 aromatic rings. The minimum absolute atomic E-state index is 0.124. The van der Waals surface area contributed by atoms with E-state index in [0.29, 0.717) is 19.5 Å². The molecule has 2 N–H and O–H groups in total. The summed E-state index contributed by atoms with van der Waals surface area (Å²) in [4.78, 5) is 18.8. The first-order valence-electron chi connectivity index (χ1n) is 8.47. The third kappa shape index (κ3) is 3.76. The van der Waals surface area contributed by atoms with Gasteiger partial charge >= 0.3 is 6.03 Å². The fourth-order valence-corrected chi connectivity index (χ4v) is 3.28. The van der Waals surface area contributed by atoms with Gasteiger partial charge in [-0.3, -0.25) is 0 Å². The number of carbonyl (C=O) groups is 1. The number of likely N-dealkylation sites (tertiary alicyclic amines) is 1. The van der Waals surface area contributed by atoms with Crippen molar-refractivity contribution < 1.29 is 9.90 Å². The van der Waals surface area contributed by atoms with E-state index in [0.717, 1.165) is 44.1 Å². The van der Waals surface area contributed by atoms with Crippen molar-refractivity contribution in [3.63, 3.8) is 0 Å². The van der Waals surface area contributed by atoms with Gasteiger partial charge in [0.15, 0.2) is 0 Å². The topological polar surface area (TPSA) is 59.0 Å². The van der Waals surface area contributed by atoms with E-state index in [4.69, 9.17) is 0 Å². The monoisotopic (exact) mass is 318 g/mol. The van der Waals surface area contributed by atoms with E-state index < -0.39 is 6.10 Å². The first kappa shape index (κ1) is 16.1. The van der Waals surface area contributed by atoms with Gasteiger partial charge in [0.2, 0.25) is 0 Å². The fourth-order valence-electron chi connectivity index (χ4n) is 3.28. The Balaban J connectivity index is 1.67. The van der Waals surface area contributed by atoms with Crippen LogP contribution in [0.5, 0.6) is 0 Å². The van der Waals surface area contributed by atoms with Crippen molar-refractivity contribution in [1.29, 1.82) is 0 Å². The van der Waals surface area contributed by atoms with Crippen molar-refractivity contribution in [2.45, 2.75) is 19.4 Å². The van der Waals surface area contributed by atoms with Crippen molar-refractivity contribution in [2.24, 2.45) is 0 Å². The highest BCUT2D eigenvalue weighted by atomic mass is 16.3. The van der Waals surface area contributed by atoms with Crippen molar-refractivity contribution in [2.75, 3.05) is 56.0 Å². The third-order valence-corrected chi connectivity index (χ3v) is 4.76. The molecule has 0 spiro atoms. The van der Waals surface area contributed by atoms with E-state index >= 15 is 0 Å². The molecule has 0 radical (unpaired) electrons. The molecule has 23 heavy (non-hydrogen) atoms. The Bertz CT molecular complexity index is 543. The lowest BCUT2D eigenvalue weighted by Crippen LogP contribution is -2.46. The molecule has 2 amide bonds. The molecular weight excluding hydrogens is 292 g/mol. The second-order valence-corrected chi connectivity index (χ2v) is 6.26.